The molecule has 3 aromatic heterocycles. The number of aromatic nitrogens is 3. The molecule has 0 unspecified atom stereocenters. The molecule has 1 aliphatic rings. The number of piperidine rings is 1. The molecule has 128 valence electrons. The third-order valence-corrected chi connectivity index (χ3v) is 4.81. The summed E-state index contributed by atoms with van der Waals surface area (Å²) in [6.07, 6.45) is 5.47. The Morgan fingerprint density at radius 3 is 2.76 bits per heavy atom. The molecular weight excluding hydrogens is 316 g/mol. The molecule has 3 aromatic rings. The molecule has 0 saturated carbocycles. The lowest BCUT2D eigenvalue weighted by Crippen LogP contribution is -2.38. The summed E-state index contributed by atoms with van der Waals surface area (Å²) in [6.45, 7) is 4.97. The van der Waals surface area contributed by atoms with E-state index in [4.69, 9.17) is 4.42 Å². The van der Waals surface area contributed by atoms with Crippen LogP contribution in [0, 0.1) is 13.8 Å². The SMILES string of the molecule is Cc1nc(C)c(C(=O)N2CCC(c3cc4ncccc4cn3)CC2)o1. The van der Waals surface area contributed by atoms with Crippen LogP contribution in [-0.4, -0.2) is 38.8 Å². The minimum absolute atomic E-state index is 0.0651. The van der Waals surface area contributed by atoms with Crippen molar-refractivity contribution in [2.45, 2.75) is 32.6 Å². The van der Waals surface area contributed by atoms with Crippen LogP contribution in [0.15, 0.2) is 35.0 Å². The van der Waals surface area contributed by atoms with E-state index in [9.17, 15) is 4.79 Å². The fraction of sp³-hybridized carbons (Fsp3) is 0.368. The van der Waals surface area contributed by atoms with Crippen molar-refractivity contribution in [1.82, 2.24) is 19.9 Å². The number of carbonyl (C=O) groups excluding carboxylic acids is 1. The summed E-state index contributed by atoms with van der Waals surface area (Å²) < 4.78 is 5.47. The van der Waals surface area contributed by atoms with Crippen LogP contribution in [0.2, 0.25) is 0 Å². The first-order valence-corrected chi connectivity index (χ1v) is 8.56. The molecule has 1 saturated heterocycles. The van der Waals surface area contributed by atoms with Crippen molar-refractivity contribution >= 4 is 16.8 Å². The van der Waals surface area contributed by atoms with E-state index in [0.717, 1.165) is 29.4 Å². The molecule has 0 spiro atoms. The lowest BCUT2D eigenvalue weighted by Gasteiger charge is -2.31. The monoisotopic (exact) mass is 336 g/mol. The zero-order valence-electron chi connectivity index (χ0n) is 14.4. The standard InChI is InChI=1S/C19H20N4O2/c1-12-18(25-13(2)22-12)19(24)23-8-5-14(6-9-23)16-10-17-15(11-21-16)4-3-7-20-17/h3-4,7,10-11,14H,5-6,8-9H2,1-2H3. The van der Waals surface area contributed by atoms with Gasteiger partial charge >= 0.3 is 0 Å². The number of fused-ring (bicyclic) bond motifs is 1. The maximum absolute atomic E-state index is 12.6. The van der Waals surface area contributed by atoms with Crippen molar-refractivity contribution in [3.05, 3.63) is 53.6 Å². The first kappa shape index (κ1) is 15.7. The van der Waals surface area contributed by atoms with Gasteiger partial charge in [-0.15, -0.1) is 0 Å². The normalized spacial score (nSPS) is 15.7. The number of rotatable bonds is 2. The van der Waals surface area contributed by atoms with Crippen LogP contribution >= 0.6 is 0 Å². The van der Waals surface area contributed by atoms with Crippen LogP contribution in [0.5, 0.6) is 0 Å². The van der Waals surface area contributed by atoms with Gasteiger partial charge in [0.2, 0.25) is 5.76 Å². The second kappa shape index (κ2) is 6.27. The van der Waals surface area contributed by atoms with Gasteiger partial charge in [0, 0.05) is 49.4 Å². The lowest BCUT2D eigenvalue weighted by molar-refractivity contribution is 0.0677. The van der Waals surface area contributed by atoms with Gasteiger partial charge in [-0.3, -0.25) is 14.8 Å². The molecule has 1 aliphatic heterocycles. The van der Waals surface area contributed by atoms with Crippen molar-refractivity contribution in [2.75, 3.05) is 13.1 Å². The lowest BCUT2D eigenvalue weighted by atomic mass is 9.92. The largest absolute Gasteiger partial charge is 0.436 e. The maximum atomic E-state index is 12.6. The number of likely N-dealkylation sites (tertiary alicyclic amines) is 1. The summed E-state index contributed by atoms with van der Waals surface area (Å²) in [5.74, 6) is 1.19. The smallest absolute Gasteiger partial charge is 0.291 e. The summed E-state index contributed by atoms with van der Waals surface area (Å²) >= 11 is 0. The van der Waals surface area contributed by atoms with Crippen molar-refractivity contribution < 1.29 is 9.21 Å². The van der Waals surface area contributed by atoms with E-state index < -0.39 is 0 Å². The molecule has 25 heavy (non-hydrogen) atoms. The Labute approximate surface area is 145 Å². The number of aryl methyl sites for hydroxylation is 2. The van der Waals surface area contributed by atoms with Crippen molar-refractivity contribution in [2.24, 2.45) is 0 Å². The molecule has 6 heteroatoms. The minimum atomic E-state index is -0.0651. The molecule has 1 amide bonds. The fourth-order valence-electron chi connectivity index (χ4n) is 3.46. The van der Waals surface area contributed by atoms with Gasteiger partial charge in [-0.05, 0) is 38.0 Å². The van der Waals surface area contributed by atoms with Crippen molar-refractivity contribution in [1.29, 1.82) is 0 Å². The molecule has 0 radical (unpaired) electrons. The van der Waals surface area contributed by atoms with Gasteiger partial charge in [-0.25, -0.2) is 4.98 Å². The summed E-state index contributed by atoms with van der Waals surface area (Å²) in [6, 6.07) is 6.00. The van der Waals surface area contributed by atoms with E-state index >= 15 is 0 Å². The number of amides is 1. The predicted molar refractivity (Wildman–Crippen MR) is 93.4 cm³/mol. The van der Waals surface area contributed by atoms with Crippen molar-refractivity contribution in [3.8, 4) is 0 Å². The van der Waals surface area contributed by atoms with E-state index in [1.165, 1.54) is 0 Å². The molecular formula is C19H20N4O2. The van der Waals surface area contributed by atoms with Crippen molar-refractivity contribution in [3.63, 3.8) is 0 Å². The molecule has 1 fully saturated rings. The van der Waals surface area contributed by atoms with E-state index in [2.05, 4.69) is 21.0 Å². The summed E-state index contributed by atoms with van der Waals surface area (Å²) in [4.78, 5) is 27.7. The second-order valence-electron chi connectivity index (χ2n) is 6.52. The van der Waals surface area contributed by atoms with Gasteiger partial charge in [-0.2, -0.15) is 0 Å². The highest BCUT2D eigenvalue weighted by molar-refractivity contribution is 5.92. The Bertz CT molecular complexity index is 926. The zero-order chi connectivity index (χ0) is 17.4. The Morgan fingerprint density at radius 2 is 2.04 bits per heavy atom. The Hall–Kier alpha value is -2.76. The number of pyridine rings is 2. The van der Waals surface area contributed by atoms with Crippen LogP contribution in [0.1, 0.15) is 46.6 Å². The zero-order valence-corrected chi connectivity index (χ0v) is 14.4. The maximum Gasteiger partial charge on any atom is 0.291 e. The highest BCUT2D eigenvalue weighted by Gasteiger charge is 2.28. The third kappa shape index (κ3) is 2.99. The first-order chi connectivity index (χ1) is 12.1. The Balaban J connectivity index is 1.47. The molecule has 0 aliphatic carbocycles. The van der Waals surface area contributed by atoms with Crippen LogP contribution < -0.4 is 0 Å². The molecule has 0 N–H and O–H groups in total. The molecule has 0 atom stereocenters. The van der Waals surface area contributed by atoms with E-state index in [1.807, 2.05) is 30.2 Å². The minimum Gasteiger partial charge on any atom is -0.436 e. The average Bonchev–Trinajstić information content (AvgIpc) is 2.99. The molecule has 0 aromatic carbocycles. The van der Waals surface area contributed by atoms with Gasteiger partial charge in [0.25, 0.3) is 5.91 Å². The number of carbonyl (C=O) groups is 1. The number of hydrogen-bond donors (Lipinski definition) is 0. The van der Waals surface area contributed by atoms with E-state index in [-0.39, 0.29) is 5.91 Å². The Morgan fingerprint density at radius 1 is 1.24 bits per heavy atom. The highest BCUT2D eigenvalue weighted by Crippen LogP contribution is 2.29. The van der Waals surface area contributed by atoms with Gasteiger partial charge in [0.05, 0.1) is 11.2 Å². The number of oxazole rings is 1. The van der Waals surface area contributed by atoms with Gasteiger partial charge in [0.15, 0.2) is 5.89 Å². The predicted octanol–water partition coefficient (Wildman–Crippen LogP) is 3.25. The van der Waals surface area contributed by atoms with Crippen LogP contribution in [0.3, 0.4) is 0 Å². The van der Waals surface area contributed by atoms with Crippen LogP contribution in [0.4, 0.5) is 0 Å². The van der Waals surface area contributed by atoms with Gasteiger partial charge in [0.1, 0.15) is 0 Å². The molecule has 6 nitrogen and oxygen atoms in total. The van der Waals surface area contributed by atoms with E-state index in [0.29, 0.717) is 36.4 Å². The first-order valence-electron chi connectivity index (χ1n) is 8.56. The van der Waals surface area contributed by atoms with Crippen LogP contribution in [-0.2, 0) is 0 Å². The highest BCUT2D eigenvalue weighted by atomic mass is 16.4. The second-order valence-corrected chi connectivity index (χ2v) is 6.52. The quantitative estimate of drug-likeness (QED) is 0.718. The summed E-state index contributed by atoms with van der Waals surface area (Å²) in [5, 5.41) is 1.05. The fourth-order valence-corrected chi connectivity index (χ4v) is 3.46. The average molecular weight is 336 g/mol. The van der Waals surface area contributed by atoms with Gasteiger partial charge in [-0.1, -0.05) is 0 Å². The van der Waals surface area contributed by atoms with Crippen LogP contribution in [0.25, 0.3) is 10.9 Å². The summed E-state index contributed by atoms with van der Waals surface area (Å²) in [7, 11) is 0. The number of nitrogens with zero attached hydrogens (tertiary/aromatic N) is 4. The van der Waals surface area contributed by atoms with E-state index in [1.54, 1.807) is 13.1 Å². The molecule has 4 rings (SSSR count). The topological polar surface area (TPSA) is 72.1 Å². The molecule has 4 heterocycles. The third-order valence-electron chi connectivity index (χ3n) is 4.81. The summed E-state index contributed by atoms with van der Waals surface area (Å²) in [5.41, 5.74) is 2.69. The Kier molecular flexibility index (Phi) is 3.95. The molecule has 0 bridgehead atoms. The van der Waals surface area contributed by atoms with Gasteiger partial charge < -0.3 is 9.32 Å². The number of hydrogen-bond acceptors (Lipinski definition) is 5.